The number of aliphatic hydroxyl groups is 1. The molecule has 0 amide bonds. The Morgan fingerprint density at radius 3 is 2.28 bits per heavy atom. The second-order valence-corrected chi connectivity index (χ2v) is 11.4. The number of nitrogens with zero attached hydrogens (tertiary/aromatic N) is 6. The van der Waals surface area contributed by atoms with Crippen LogP contribution in [0.5, 0.6) is 11.5 Å². The lowest BCUT2D eigenvalue weighted by Crippen LogP contribution is -2.49. The maximum atomic E-state index is 13.8. The molecular weight excluding hydrogens is 527 g/mol. The van der Waals surface area contributed by atoms with Crippen molar-refractivity contribution >= 4 is 15.8 Å². The van der Waals surface area contributed by atoms with E-state index in [1.807, 2.05) is 30.3 Å². The van der Waals surface area contributed by atoms with E-state index < -0.39 is 32.8 Å². The summed E-state index contributed by atoms with van der Waals surface area (Å²) in [6.45, 7) is 0.160. The molecule has 1 aliphatic heterocycles. The number of ether oxygens (including phenoxy) is 2. The van der Waals surface area contributed by atoms with Crippen LogP contribution in [-0.4, -0.2) is 76.9 Å². The van der Waals surface area contributed by atoms with E-state index in [-0.39, 0.29) is 31.3 Å². The molecule has 1 saturated heterocycles. The zero-order chi connectivity index (χ0) is 27.6. The molecule has 1 fully saturated rings. The maximum absolute atomic E-state index is 13.8. The van der Waals surface area contributed by atoms with Crippen molar-refractivity contribution in [2.75, 3.05) is 32.2 Å². The summed E-state index contributed by atoms with van der Waals surface area (Å²) in [7, 11) is -0.872. The topological polar surface area (TPSA) is 133 Å². The number of hydrogen-bond donors (Lipinski definition) is 1. The van der Waals surface area contributed by atoms with Crippen LogP contribution < -0.4 is 14.4 Å². The highest BCUT2D eigenvalue weighted by molar-refractivity contribution is 7.91. The Kier molecular flexibility index (Phi) is 7.44. The molecule has 1 aliphatic rings. The number of anilines is 1. The zero-order valence-corrected chi connectivity index (χ0v) is 22.1. The SMILES string of the molecule is COc1cccc(OC)c1-n1c(CS(=O)(=O)[C@H]2C[C@@H](O)CN(c3ncc(F)cn3)C2)nnc1-c1ccccc1. The molecule has 0 spiro atoms. The minimum atomic E-state index is -3.89. The van der Waals surface area contributed by atoms with Gasteiger partial charge in [0.2, 0.25) is 5.95 Å². The molecule has 0 radical (unpaired) electrons. The molecule has 2 atom stereocenters. The second kappa shape index (κ2) is 10.9. The Morgan fingerprint density at radius 2 is 1.64 bits per heavy atom. The molecule has 39 heavy (non-hydrogen) atoms. The number of piperidine rings is 1. The number of β-amino-alcohol motifs (C(OH)–C–C–N with tert-alkyl or cyclic N) is 1. The Bertz CT molecular complexity index is 1530. The summed E-state index contributed by atoms with van der Waals surface area (Å²) in [5.74, 6) is 0.513. The van der Waals surface area contributed by atoms with Crippen LogP contribution in [0.1, 0.15) is 12.2 Å². The third kappa shape index (κ3) is 5.40. The van der Waals surface area contributed by atoms with Crippen LogP contribution in [-0.2, 0) is 15.6 Å². The molecule has 0 aliphatic carbocycles. The van der Waals surface area contributed by atoms with Crippen molar-refractivity contribution in [3.8, 4) is 28.6 Å². The average Bonchev–Trinajstić information content (AvgIpc) is 3.35. The number of hydrogen-bond acceptors (Lipinski definition) is 10. The molecule has 2 aromatic carbocycles. The minimum absolute atomic E-state index is 0.0255. The van der Waals surface area contributed by atoms with Gasteiger partial charge in [-0.2, -0.15) is 0 Å². The van der Waals surface area contributed by atoms with E-state index in [0.29, 0.717) is 28.6 Å². The average molecular weight is 555 g/mol. The summed E-state index contributed by atoms with van der Waals surface area (Å²) in [6.07, 6.45) is 1.08. The molecule has 11 nitrogen and oxygen atoms in total. The highest BCUT2D eigenvalue weighted by Gasteiger charge is 2.37. The van der Waals surface area contributed by atoms with Crippen LogP contribution in [0.25, 0.3) is 17.1 Å². The van der Waals surface area contributed by atoms with Gasteiger partial charge in [0.25, 0.3) is 0 Å². The van der Waals surface area contributed by atoms with Gasteiger partial charge in [0, 0.05) is 18.7 Å². The number of benzene rings is 2. The molecule has 3 heterocycles. The third-order valence-electron chi connectivity index (χ3n) is 6.51. The minimum Gasteiger partial charge on any atom is -0.494 e. The summed E-state index contributed by atoms with van der Waals surface area (Å²) in [5.41, 5.74) is 1.18. The molecule has 4 aromatic rings. The van der Waals surface area contributed by atoms with Gasteiger partial charge in [-0.3, -0.25) is 4.57 Å². The second-order valence-electron chi connectivity index (χ2n) is 9.08. The van der Waals surface area contributed by atoms with Gasteiger partial charge < -0.3 is 19.5 Å². The molecule has 204 valence electrons. The monoisotopic (exact) mass is 554 g/mol. The van der Waals surface area contributed by atoms with Crippen LogP contribution in [0, 0.1) is 5.82 Å². The summed E-state index contributed by atoms with van der Waals surface area (Å²) in [5, 5.41) is 18.2. The van der Waals surface area contributed by atoms with Crippen LogP contribution in [0.4, 0.5) is 10.3 Å². The van der Waals surface area contributed by atoms with E-state index in [4.69, 9.17) is 9.47 Å². The number of aliphatic hydroxyl groups excluding tert-OH is 1. The Hall–Kier alpha value is -4.10. The van der Waals surface area contributed by atoms with E-state index in [2.05, 4.69) is 20.2 Å². The summed E-state index contributed by atoms with van der Waals surface area (Å²) >= 11 is 0. The van der Waals surface area contributed by atoms with E-state index in [9.17, 15) is 17.9 Å². The smallest absolute Gasteiger partial charge is 0.225 e. The Morgan fingerprint density at radius 1 is 0.974 bits per heavy atom. The molecular formula is C26H27FN6O5S. The molecule has 0 unspecified atom stereocenters. The highest BCUT2D eigenvalue weighted by Crippen LogP contribution is 2.37. The number of aromatic nitrogens is 5. The predicted octanol–water partition coefficient (Wildman–Crippen LogP) is 2.44. The number of rotatable bonds is 8. The van der Waals surface area contributed by atoms with Crippen LogP contribution in [0.15, 0.2) is 60.9 Å². The fourth-order valence-electron chi connectivity index (χ4n) is 4.69. The lowest BCUT2D eigenvalue weighted by molar-refractivity contribution is 0.154. The van der Waals surface area contributed by atoms with Crippen molar-refractivity contribution in [3.63, 3.8) is 0 Å². The van der Waals surface area contributed by atoms with Crippen LogP contribution >= 0.6 is 0 Å². The van der Waals surface area contributed by atoms with Gasteiger partial charge >= 0.3 is 0 Å². The van der Waals surface area contributed by atoms with E-state index in [0.717, 1.165) is 12.4 Å². The number of sulfone groups is 1. The van der Waals surface area contributed by atoms with Gasteiger partial charge in [0.05, 0.1) is 38.0 Å². The fourth-order valence-corrected chi connectivity index (χ4v) is 6.39. The first-order valence-electron chi connectivity index (χ1n) is 12.1. The van der Waals surface area contributed by atoms with E-state index in [1.54, 1.807) is 27.7 Å². The van der Waals surface area contributed by atoms with Crippen molar-refractivity contribution in [1.29, 1.82) is 0 Å². The van der Waals surface area contributed by atoms with Gasteiger partial charge in [-0.15, -0.1) is 10.2 Å². The van der Waals surface area contributed by atoms with Gasteiger partial charge in [-0.1, -0.05) is 36.4 Å². The van der Waals surface area contributed by atoms with Crippen molar-refractivity contribution < 1.29 is 27.4 Å². The van der Waals surface area contributed by atoms with E-state index >= 15 is 0 Å². The molecule has 1 N–H and O–H groups in total. The first-order valence-corrected chi connectivity index (χ1v) is 13.9. The normalized spacial score (nSPS) is 17.7. The standard InChI is InChI=1S/C26H27FN6O5S/c1-37-21-9-6-10-22(38-2)24(21)33-23(30-31-25(33)17-7-4-3-5-8-17)16-39(35,36)20-11-19(34)14-32(15-20)26-28-12-18(27)13-29-26/h3-10,12-13,19-20,34H,11,14-16H2,1-2H3/t19-,20+/m1/s1. The van der Waals surface area contributed by atoms with Gasteiger partial charge in [0.1, 0.15) is 22.9 Å². The number of halogens is 1. The first kappa shape index (κ1) is 26.5. The summed E-state index contributed by atoms with van der Waals surface area (Å²) < 4.78 is 53.7. The van der Waals surface area contributed by atoms with Crippen molar-refractivity contribution in [1.82, 2.24) is 24.7 Å². The zero-order valence-electron chi connectivity index (χ0n) is 21.3. The van der Waals surface area contributed by atoms with Gasteiger partial charge in [-0.05, 0) is 18.6 Å². The van der Waals surface area contributed by atoms with Gasteiger partial charge in [0.15, 0.2) is 27.3 Å². The lowest BCUT2D eigenvalue weighted by Gasteiger charge is -2.35. The highest BCUT2D eigenvalue weighted by atomic mass is 32.2. The largest absolute Gasteiger partial charge is 0.494 e. The molecule has 2 aromatic heterocycles. The van der Waals surface area contributed by atoms with Gasteiger partial charge in [-0.25, -0.2) is 22.8 Å². The molecule has 5 rings (SSSR count). The quantitative estimate of drug-likeness (QED) is 0.346. The summed E-state index contributed by atoms with van der Waals surface area (Å²) in [6, 6.07) is 14.5. The number of methoxy groups -OCH3 is 2. The predicted molar refractivity (Wildman–Crippen MR) is 141 cm³/mol. The number of para-hydroxylation sites is 1. The third-order valence-corrected chi connectivity index (χ3v) is 8.52. The molecule has 0 bridgehead atoms. The van der Waals surface area contributed by atoms with E-state index in [1.165, 1.54) is 14.2 Å². The maximum Gasteiger partial charge on any atom is 0.225 e. The van der Waals surface area contributed by atoms with Crippen molar-refractivity contribution in [2.24, 2.45) is 0 Å². The van der Waals surface area contributed by atoms with Crippen molar-refractivity contribution in [2.45, 2.75) is 23.5 Å². The van der Waals surface area contributed by atoms with Crippen molar-refractivity contribution in [3.05, 3.63) is 72.6 Å². The molecule has 0 saturated carbocycles. The molecule has 13 heteroatoms. The fraction of sp³-hybridized carbons (Fsp3) is 0.308. The lowest BCUT2D eigenvalue weighted by atomic mass is 10.1. The first-order chi connectivity index (χ1) is 18.8. The van der Waals surface area contributed by atoms with Crippen LogP contribution in [0.2, 0.25) is 0 Å². The summed E-state index contributed by atoms with van der Waals surface area (Å²) in [4.78, 5) is 9.43. The van der Waals surface area contributed by atoms with Crippen LogP contribution in [0.3, 0.4) is 0 Å². The Balaban J connectivity index is 1.55. The Labute approximate surface area is 224 Å².